The van der Waals surface area contributed by atoms with E-state index < -0.39 is 145 Å². The number of aliphatic hydroxyl groups is 2. The molecule has 11 atom stereocenters. The fourth-order valence-electron chi connectivity index (χ4n) is 11.4. The van der Waals surface area contributed by atoms with Crippen molar-refractivity contribution in [3.63, 3.8) is 0 Å². The molecule has 6 rings (SSSR count). The van der Waals surface area contributed by atoms with Gasteiger partial charge < -0.3 is 104 Å². The Kier molecular flexibility index (Phi) is 34.3. The Hall–Kier alpha value is -9.19. The van der Waals surface area contributed by atoms with Crippen molar-refractivity contribution in [3.8, 4) is 23.3 Å². The third-order valence-electron chi connectivity index (χ3n) is 17.6. The zero-order valence-corrected chi connectivity index (χ0v) is 60.2. The smallest absolute Gasteiger partial charge is 0.328 e. The number of aromatic nitrogens is 1. The number of carbonyl (C=O) groups excluding carboxylic acids is 11. The lowest BCUT2D eigenvalue weighted by molar-refractivity contribution is -0.151. The van der Waals surface area contributed by atoms with Crippen LogP contribution in [0.4, 0.5) is 0 Å². The molecule has 104 heavy (non-hydrogen) atoms. The minimum absolute atomic E-state index is 0.0156. The molecule has 1 aromatic heterocycles. The molecule has 18 N–H and O–H groups in total. The van der Waals surface area contributed by atoms with Crippen molar-refractivity contribution in [2.75, 3.05) is 64.2 Å². The Morgan fingerprint density at radius 3 is 1.90 bits per heavy atom. The van der Waals surface area contributed by atoms with Crippen molar-refractivity contribution in [3.05, 3.63) is 102 Å². The quantitative estimate of drug-likeness (QED) is 0.0110. The van der Waals surface area contributed by atoms with Gasteiger partial charge in [0.25, 0.3) is 0 Å². The van der Waals surface area contributed by atoms with Crippen LogP contribution in [0.3, 0.4) is 0 Å². The summed E-state index contributed by atoms with van der Waals surface area (Å²) in [5.74, 6) is -10.5. The minimum Gasteiger partial charge on any atom is -0.508 e. The lowest BCUT2D eigenvalue weighted by Crippen LogP contribution is -2.63. The summed E-state index contributed by atoms with van der Waals surface area (Å²) in [6.07, 6.45) is 0.770. The number of thiol groups is 1. The number of thioether (sulfide) groups is 1. The molecule has 1 aliphatic heterocycles. The molecule has 34 heteroatoms. The highest BCUT2D eigenvalue weighted by atomic mass is 32.2. The first kappa shape index (κ1) is 83.8. The van der Waals surface area contributed by atoms with Gasteiger partial charge in [-0.2, -0.15) is 12.6 Å². The molecule has 2 fully saturated rings. The van der Waals surface area contributed by atoms with E-state index in [-0.39, 0.29) is 105 Å². The summed E-state index contributed by atoms with van der Waals surface area (Å²) in [6.45, 7) is 4.53. The van der Waals surface area contributed by atoms with E-state index in [1.165, 1.54) is 59.2 Å². The number of aromatic hydroxyl groups is 4. The number of aliphatic hydroxyl groups excluding tert-OH is 2. The molecule has 2 unspecified atom stereocenters. The number of esters is 1. The molecule has 2 aliphatic rings. The number of phenols is 2. The lowest BCUT2D eigenvalue weighted by Gasteiger charge is -2.30. The maximum atomic E-state index is 14.6. The van der Waals surface area contributed by atoms with Crippen LogP contribution >= 0.6 is 24.4 Å². The van der Waals surface area contributed by atoms with Gasteiger partial charge in [-0.1, -0.05) is 74.9 Å². The fourth-order valence-corrected chi connectivity index (χ4v) is 12.6. The molecule has 0 radical (unpaired) electrons. The second kappa shape index (κ2) is 42.5. The van der Waals surface area contributed by atoms with E-state index in [0.29, 0.717) is 53.9 Å². The number of hydrogen-bond acceptors (Lipinski definition) is 23. The number of rotatable bonds is 35. The molecule has 1 aliphatic carbocycles. The lowest BCUT2D eigenvalue weighted by atomic mass is 9.81. The molecule has 3 aromatic carbocycles. The van der Waals surface area contributed by atoms with Crippen molar-refractivity contribution in [1.82, 2.24) is 57.7 Å². The monoisotopic (exact) mass is 1490 g/mol. The average Bonchev–Trinajstić information content (AvgIpc) is 1.66. The number of hydrogen-bond donors (Lipinski definition) is 18. The Balaban J connectivity index is 1.06. The van der Waals surface area contributed by atoms with E-state index in [4.69, 9.17) is 19.9 Å². The normalized spacial score (nSPS) is 20.8. The summed E-state index contributed by atoms with van der Waals surface area (Å²) in [5.41, 5.74) is 7.55. The number of amides is 10. The zero-order chi connectivity index (χ0) is 76.0. The number of nitrogens with two attached hydrogens (primary N) is 1. The van der Waals surface area contributed by atoms with Crippen LogP contribution in [0.2, 0.25) is 0 Å². The first-order chi connectivity index (χ1) is 49.7. The van der Waals surface area contributed by atoms with Gasteiger partial charge in [-0.15, -0.1) is 11.8 Å². The van der Waals surface area contributed by atoms with Crippen molar-refractivity contribution in [2.24, 2.45) is 23.5 Å². The van der Waals surface area contributed by atoms with E-state index >= 15 is 0 Å². The highest BCUT2D eigenvalue weighted by molar-refractivity contribution is 7.99. The first-order valence-electron chi connectivity index (χ1n) is 34.5. The summed E-state index contributed by atoms with van der Waals surface area (Å²) < 4.78 is 18.0. The van der Waals surface area contributed by atoms with Crippen LogP contribution in [0, 0.1) is 17.8 Å². The Morgan fingerprint density at radius 2 is 1.29 bits per heavy atom. The largest absolute Gasteiger partial charge is 0.508 e. The van der Waals surface area contributed by atoms with E-state index in [9.17, 15) is 83.4 Å². The predicted octanol–water partition coefficient (Wildman–Crippen LogP) is -1.28. The molecule has 2 heterocycles. The number of phenolic OH excluding ortho intramolecular Hbond substituents is 2. The fraction of sp³-hybridized carbons (Fsp3) is 0.529. The highest BCUT2D eigenvalue weighted by Gasteiger charge is 2.39. The third-order valence-corrected chi connectivity index (χ3v) is 19.0. The summed E-state index contributed by atoms with van der Waals surface area (Å²) in [5, 5.41) is 88.7. The van der Waals surface area contributed by atoms with E-state index in [1.807, 2.05) is 6.92 Å². The number of cyclic esters (lactones) is 1. The first-order valence-corrected chi connectivity index (χ1v) is 36.1. The molecular formula is C70H98N12O20S2. The third kappa shape index (κ3) is 26.5. The summed E-state index contributed by atoms with van der Waals surface area (Å²) >= 11 is 5.36. The topological polar surface area (TPSA) is 488 Å². The maximum absolute atomic E-state index is 14.6. The van der Waals surface area contributed by atoms with Crippen LogP contribution in [-0.4, -0.2) is 225 Å². The van der Waals surface area contributed by atoms with Gasteiger partial charge in [-0.05, 0) is 104 Å². The summed E-state index contributed by atoms with van der Waals surface area (Å²) in [7, 11) is 0. The van der Waals surface area contributed by atoms with Gasteiger partial charge in [0.2, 0.25) is 65.0 Å². The van der Waals surface area contributed by atoms with Crippen molar-refractivity contribution < 1.29 is 97.6 Å². The number of ether oxygens (including phenoxy) is 3. The van der Waals surface area contributed by atoms with Gasteiger partial charge in [-0.3, -0.25) is 52.5 Å². The number of benzene rings is 3. The van der Waals surface area contributed by atoms with Crippen molar-refractivity contribution in [1.29, 1.82) is 0 Å². The van der Waals surface area contributed by atoms with E-state index in [2.05, 4.69) is 65.8 Å². The van der Waals surface area contributed by atoms with Crippen molar-refractivity contribution >= 4 is 89.4 Å². The molecule has 570 valence electrons. The SMILES string of the molecule is CCNC(=O)C1CCC(Cn2c(O)cc(SC[C@H](N)C(=O)NCCOCCOCC(=O)N[C@@H](Cc3ccc(O)cc3)C(=O)N[C@@H](CO)C(=O)N[C@H](C(=O)N[C@H]3COC(=O)[C@H](CCS)NC(=O)[C@H](C(C)CC)NC(=O)[C@H](Cc4ccccc4)NC(=O)[C@H](Cc4ccc(O)cc4)NC3=O)C(C)O)c2O)CC1. The molecule has 1 saturated heterocycles. The summed E-state index contributed by atoms with van der Waals surface area (Å²) in [4.78, 5) is 153. The second-order valence-corrected chi connectivity index (χ2v) is 27.1. The standard InChI is InChI=1S/C70H98N12O20S2/c1-5-39(3)58-67(96)75-49(24-29-103)70(99)102-36-54(66(95)77-51(32-43-16-22-47(86)23-17-43)63(92)76-52(64(93)80-58)30-41-10-8-7-9-11-41)79-68(97)59(40(4)84)81-65(94)53(35-83)78-62(91)50(31-42-14-20-46(85)21-15-42)74-56(87)37-101-28-27-100-26-25-73-61(90)48(71)38-104-55-33-57(88)82(69(55)98)34-44-12-18-45(19-13-44)60(89)72-6-2/h7-11,14-17,20-23,33,39-40,44-45,48-54,58-59,83-86,88,98,103H,5-6,12-13,18-19,24-32,34-38,71H2,1-4H3,(H,72,89)(H,73,90)(H,74,87)(H,75,96)(H,76,92)(H,77,95)(H,78,91)(H,79,97)(H,80,93)(H,81,94)/t39?,40?,44?,45?,48-,49-,50-,51-,52-,53-,54-,58-,59-/m0/s1. The van der Waals surface area contributed by atoms with E-state index in [0.717, 1.165) is 31.5 Å². The molecule has 4 aromatic rings. The Labute approximate surface area is 612 Å². The van der Waals surface area contributed by atoms with Gasteiger partial charge in [0.15, 0.2) is 5.88 Å². The summed E-state index contributed by atoms with van der Waals surface area (Å²) in [6, 6.07) is 7.20. The van der Waals surface area contributed by atoms with Gasteiger partial charge in [-0.25, -0.2) is 4.79 Å². The highest BCUT2D eigenvalue weighted by Crippen LogP contribution is 2.39. The zero-order valence-electron chi connectivity index (χ0n) is 58.5. The molecule has 0 spiro atoms. The van der Waals surface area contributed by atoms with Crippen LogP contribution in [0.15, 0.2) is 89.8 Å². The van der Waals surface area contributed by atoms with Crippen LogP contribution in [-0.2, 0) is 92.8 Å². The molecule has 10 amide bonds. The van der Waals surface area contributed by atoms with Crippen molar-refractivity contribution in [2.45, 2.75) is 157 Å². The maximum Gasteiger partial charge on any atom is 0.328 e. The molecule has 0 bridgehead atoms. The Morgan fingerprint density at radius 1 is 0.692 bits per heavy atom. The minimum atomic E-state index is -2.00. The van der Waals surface area contributed by atoms with Gasteiger partial charge in [0.1, 0.15) is 73.0 Å². The van der Waals surface area contributed by atoms with Crippen LogP contribution in [0.1, 0.15) is 82.9 Å². The van der Waals surface area contributed by atoms with Crippen LogP contribution in [0.25, 0.3) is 0 Å². The van der Waals surface area contributed by atoms with Gasteiger partial charge in [0, 0.05) is 56.6 Å². The van der Waals surface area contributed by atoms with Crippen LogP contribution in [0.5, 0.6) is 23.3 Å². The van der Waals surface area contributed by atoms with Crippen LogP contribution < -0.4 is 58.9 Å². The molecule has 32 nitrogen and oxygen atoms in total. The van der Waals surface area contributed by atoms with Gasteiger partial charge in [0.05, 0.1) is 43.5 Å². The van der Waals surface area contributed by atoms with Gasteiger partial charge >= 0.3 is 5.97 Å². The number of nitrogens with one attached hydrogen (secondary N) is 10. The average molecular weight is 1490 g/mol. The molecular weight excluding hydrogens is 1390 g/mol. The number of carbonyl (C=O) groups is 11. The number of nitrogens with zero attached hydrogens (tertiary/aromatic N) is 1. The van der Waals surface area contributed by atoms with E-state index in [1.54, 1.807) is 44.2 Å². The molecule has 1 saturated carbocycles. The Bertz CT molecular complexity index is 3510. The second-order valence-electron chi connectivity index (χ2n) is 25.6. The predicted molar refractivity (Wildman–Crippen MR) is 382 cm³/mol.